The molecular formula is C38H40O8. The Morgan fingerprint density at radius 1 is 0.717 bits per heavy atom. The second-order valence-electron chi connectivity index (χ2n) is 12.7. The maximum absolute atomic E-state index is 11.8. The molecule has 46 heavy (non-hydrogen) atoms. The Labute approximate surface area is 268 Å². The fraction of sp³-hybridized carbons (Fsp3) is 0.368. The van der Waals surface area contributed by atoms with Crippen molar-refractivity contribution in [1.29, 1.82) is 0 Å². The van der Waals surface area contributed by atoms with Gasteiger partial charge in [-0.2, -0.15) is 0 Å². The van der Waals surface area contributed by atoms with Gasteiger partial charge in [-0.05, 0) is 97.0 Å². The number of methoxy groups -OCH3 is 1. The third-order valence-electron chi connectivity index (χ3n) is 9.72. The van der Waals surface area contributed by atoms with Gasteiger partial charge in [-0.25, -0.2) is 0 Å². The van der Waals surface area contributed by atoms with E-state index >= 15 is 0 Å². The number of benzene rings is 4. The monoisotopic (exact) mass is 624 g/mol. The molecule has 4 N–H and O–H groups in total. The Bertz CT molecular complexity index is 1710. The van der Waals surface area contributed by atoms with Gasteiger partial charge in [0.1, 0.15) is 34.5 Å². The standard InChI is InChI=1S/C38H40O8/c1-43-29-17-24(14-23-16-26(40)10-12-30(23)22-6-5-7-25(39)15-22)38-32(19-29)37(42)34(21-45-38)33-20-44-35-13-11-28(18-31(35)36(33)41)46-27-8-3-2-4-9-27/h5-7,10-13,15-19,27,33-34,36-37,39-42H,2-4,8-9,14,20-21H2,1H3/t33-,34-,36+,37-/m1/s1. The zero-order valence-electron chi connectivity index (χ0n) is 25.9. The molecule has 1 fully saturated rings. The lowest BCUT2D eigenvalue weighted by atomic mass is 9.77. The molecule has 8 heteroatoms. The third kappa shape index (κ3) is 5.95. The summed E-state index contributed by atoms with van der Waals surface area (Å²) in [5.74, 6) is 1.89. The molecule has 240 valence electrons. The first kappa shape index (κ1) is 30.3. The number of aliphatic hydroxyl groups excluding tert-OH is 2. The molecular weight excluding hydrogens is 584 g/mol. The first-order valence-electron chi connectivity index (χ1n) is 16.1. The van der Waals surface area contributed by atoms with E-state index in [1.165, 1.54) is 19.3 Å². The van der Waals surface area contributed by atoms with E-state index in [1.807, 2.05) is 36.4 Å². The van der Waals surface area contributed by atoms with Crippen molar-refractivity contribution in [1.82, 2.24) is 0 Å². The summed E-state index contributed by atoms with van der Waals surface area (Å²) in [5, 5.41) is 44.0. The fourth-order valence-electron chi connectivity index (χ4n) is 7.28. The summed E-state index contributed by atoms with van der Waals surface area (Å²) in [4.78, 5) is 0. The van der Waals surface area contributed by atoms with Crippen LogP contribution in [0.1, 0.15) is 66.6 Å². The molecule has 4 atom stereocenters. The van der Waals surface area contributed by atoms with E-state index in [0.29, 0.717) is 34.8 Å². The van der Waals surface area contributed by atoms with E-state index < -0.39 is 24.0 Å². The summed E-state index contributed by atoms with van der Waals surface area (Å²) in [7, 11) is 1.58. The normalized spacial score (nSPS) is 22.6. The van der Waals surface area contributed by atoms with E-state index in [9.17, 15) is 20.4 Å². The third-order valence-corrected chi connectivity index (χ3v) is 9.72. The molecule has 2 heterocycles. The largest absolute Gasteiger partial charge is 0.508 e. The van der Waals surface area contributed by atoms with Crippen LogP contribution in [0.15, 0.2) is 72.8 Å². The van der Waals surface area contributed by atoms with Gasteiger partial charge < -0.3 is 39.4 Å². The minimum Gasteiger partial charge on any atom is -0.508 e. The van der Waals surface area contributed by atoms with Crippen LogP contribution in [-0.4, -0.2) is 46.9 Å². The molecule has 1 aliphatic carbocycles. The number of aromatic hydroxyl groups is 2. The van der Waals surface area contributed by atoms with Gasteiger partial charge in [-0.1, -0.05) is 24.6 Å². The highest BCUT2D eigenvalue weighted by atomic mass is 16.5. The van der Waals surface area contributed by atoms with Crippen molar-refractivity contribution in [3.63, 3.8) is 0 Å². The Balaban J connectivity index is 1.16. The van der Waals surface area contributed by atoms with Gasteiger partial charge in [-0.15, -0.1) is 0 Å². The average Bonchev–Trinajstić information content (AvgIpc) is 3.06. The number of phenols is 2. The first-order valence-corrected chi connectivity index (χ1v) is 16.1. The molecule has 0 unspecified atom stereocenters. The highest BCUT2D eigenvalue weighted by Crippen LogP contribution is 2.49. The van der Waals surface area contributed by atoms with Crippen molar-refractivity contribution in [2.24, 2.45) is 11.8 Å². The molecule has 0 spiro atoms. The molecule has 0 amide bonds. The van der Waals surface area contributed by atoms with Gasteiger partial charge in [0.2, 0.25) is 0 Å². The molecule has 0 bridgehead atoms. The van der Waals surface area contributed by atoms with Gasteiger partial charge in [0.15, 0.2) is 0 Å². The highest BCUT2D eigenvalue weighted by Gasteiger charge is 2.43. The van der Waals surface area contributed by atoms with Crippen LogP contribution in [0.3, 0.4) is 0 Å². The van der Waals surface area contributed by atoms with Crippen LogP contribution >= 0.6 is 0 Å². The SMILES string of the molecule is COc1cc(Cc2cc(O)ccc2-c2cccc(O)c2)c2c(c1)[C@@H](O)[C@@H]([C@H]1COc3ccc(OC4CCCCC4)cc3[C@@H]1O)CO2. The van der Waals surface area contributed by atoms with Crippen LogP contribution in [0.25, 0.3) is 11.1 Å². The van der Waals surface area contributed by atoms with Crippen LogP contribution in [0.2, 0.25) is 0 Å². The van der Waals surface area contributed by atoms with E-state index in [2.05, 4.69) is 0 Å². The van der Waals surface area contributed by atoms with E-state index in [1.54, 1.807) is 43.5 Å². The Morgan fingerprint density at radius 3 is 2.24 bits per heavy atom. The Morgan fingerprint density at radius 2 is 1.46 bits per heavy atom. The number of hydrogen-bond donors (Lipinski definition) is 4. The van der Waals surface area contributed by atoms with Gasteiger partial charge in [0.05, 0.1) is 38.6 Å². The van der Waals surface area contributed by atoms with Gasteiger partial charge in [0, 0.05) is 34.9 Å². The lowest BCUT2D eigenvalue weighted by molar-refractivity contribution is -0.0555. The Kier molecular flexibility index (Phi) is 8.40. The Hall–Kier alpha value is -4.40. The quantitative estimate of drug-likeness (QED) is 0.176. The molecule has 3 aliphatic rings. The van der Waals surface area contributed by atoms with Crippen molar-refractivity contribution in [2.45, 2.75) is 56.8 Å². The highest BCUT2D eigenvalue weighted by molar-refractivity contribution is 5.70. The molecule has 0 radical (unpaired) electrons. The van der Waals surface area contributed by atoms with E-state index in [4.69, 9.17) is 18.9 Å². The molecule has 2 aliphatic heterocycles. The predicted octanol–water partition coefficient (Wildman–Crippen LogP) is 6.86. The molecule has 0 saturated heterocycles. The van der Waals surface area contributed by atoms with Gasteiger partial charge in [0.25, 0.3) is 0 Å². The topological polar surface area (TPSA) is 118 Å². The maximum Gasteiger partial charge on any atom is 0.128 e. The fourth-order valence-corrected chi connectivity index (χ4v) is 7.28. The summed E-state index contributed by atoms with van der Waals surface area (Å²) in [6, 6.07) is 21.4. The zero-order valence-corrected chi connectivity index (χ0v) is 25.9. The van der Waals surface area contributed by atoms with Crippen LogP contribution in [-0.2, 0) is 6.42 Å². The lowest BCUT2D eigenvalue weighted by Crippen LogP contribution is -2.40. The smallest absolute Gasteiger partial charge is 0.128 e. The lowest BCUT2D eigenvalue weighted by Gasteiger charge is -2.40. The van der Waals surface area contributed by atoms with Crippen molar-refractivity contribution >= 4 is 0 Å². The molecule has 7 rings (SSSR count). The van der Waals surface area contributed by atoms with E-state index in [-0.39, 0.29) is 30.8 Å². The second kappa shape index (κ2) is 12.8. The summed E-state index contributed by atoms with van der Waals surface area (Å²) in [6.07, 6.45) is 4.42. The van der Waals surface area contributed by atoms with Crippen LogP contribution in [0, 0.1) is 11.8 Å². The maximum atomic E-state index is 11.8. The van der Waals surface area contributed by atoms with Gasteiger partial charge in [-0.3, -0.25) is 0 Å². The molecule has 0 aromatic heterocycles. The van der Waals surface area contributed by atoms with Crippen molar-refractivity contribution < 1.29 is 39.4 Å². The summed E-state index contributed by atoms with van der Waals surface area (Å²) in [5.41, 5.74) is 4.52. The predicted molar refractivity (Wildman–Crippen MR) is 173 cm³/mol. The van der Waals surface area contributed by atoms with Crippen LogP contribution < -0.4 is 18.9 Å². The first-order chi connectivity index (χ1) is 22.4. The average molecular weight is 625 g/mol. The second-order valence-corrected chi connectivity index (χ2v) is 12.7. The number of rotatable bonds is 7. The van der Waals surface area contributed by atoms with Crippen LogP contribution in [0.4, 0.5) is 0 Å². The van der Waals surface area contributed by atoms with Crippen LogP contribution in [0.5, 0.6) is 34.5 Å². The minimum atomic E-state index is -0.946. The zero-order chi connectivity index (χ0) is 31.8. The molecule has 1 saturated carbocycles. The number of fused-ring (bicyclic) bond motifs is 2. The molecule has 8 nitrogen and oxygen atoms in total. The van der Waals surface area contributed by atoms with Crippen molar-refractivity contribution in [3.8, 4) is 45.6 Å². The number of phenolic OH excluding ortho intramolecular Hbond substituents is 2. The minimum absolute atomic E-state index is 0.121. The molecule has 4 aromatic rings. The summed E-state index contributed by atoms with van der Waals surface area (Å²) < 4.78 is 24.4. The van der Waals surface area contributed by atoms with Gasteiger partial charge >= 0.3 is 0 Å². The number of hydrogen-bond acceptors (Lipinski definition) is 8. The number of aliphatic hydroxyl groups is 2. The summed E-state index contributed by atoms with van der Waals surface area (Å²) in [6.45, 7) is 0.427. The van der Waals surface area contributed by atoms with Crippen molar-refractivity contribution in [2.75, 3.05) is 20.3 Å². The molecule has 4 aromatic carbocycles. The van der Waals surface area contributed by atoms with Crippen molar-refractivity contribution in [3.05, 3.63) is 95.1 Å². The number of ether oxygens (including phenoxy) is 4. The summed E-state index contributed by atoms with van der Waals surface area (Å²) >= 11 is 0. The van der Waals surface area contributed by atoms with E-state index in [0.717, 1.165) is 40.8 Å².